The highest BCUT2D eigenvalue weighted by Gasteiger charge is 2.18. The second kappa shape index (κ2) is 10.9. The summed E-state index contributed by atoms with van der Waals surface area (Å²) < 4.78 is 9.72. The molecular weight excluding hydrogens is 324 g/mol. The van der Waals surface area contributed by atoms with Crippen LogP contribution in [0.25, 0.3) is 0 Å². The highest BCUT2D eigenvalue weighted by molar-refractivity contribution is 6.03. The lowest BCUT2D eigenvalue weighted by Gasteiger charge is -2.19. The molecule has 4 N–H and O–H groups in total. The largest absolute Gasteiger partial charge is 0.464 e. The summed E-state index contributed by atoms with van der Waals surface area (Å²) in [5, 5.41) is 0. The molecule has 0 rings (SSSR count). The summed E-state index contributed by atoms with van der Waals surface area (Å²) in [5.41, 5.74) is 11.0. The first-order valence-electron chi connectivity index (χ1n) is 8.53. The standard InChI is InChI=1S/C18H32N2O5/c1-12(16(20)17(23)24-5)14(21)11-13(19)9-7-6-8-10-15(22)25-18(2,3)4/h13H,6-11,19-20H2,1-5H3. The average molecular weight is 356 g/mol. The summed E-state index contributed by atoms with van der Waals surface area (Å²) in [6, 6.07) is -0.311. The molecule has 25 heavy (non-hydrogen) atoms. The van der Waals surface area contributed by atoms with Crippen LogP contribution < -0.4 is 11.5 Å². The zero-order valence-corrected chi connectivity index (χ0v) is 16.0. The molecule has 0 aliphatic rings. The number of unbranched alkanes of at least 4 members (excludes halogenated alkanes) is 2. The topological polar surface area (TPSA) is 122 Å². The van der Waals surface area contributed by atoms with Crippen molar-refractivity contribution in [3.8, 4) is 0 Å². The molecule has 1 unspecified atom stereocenters. The second-order valence-corrected chi connectivity index (χ2v) is 7.10. The van der Waals surface area contributed by atoms with Gasteiger partial charge in [0.15, 0.2) is 5.78 Å². The van der Waals surface area contributed by atoms with E-state index in [9.17, 15) is 14.4 Å². The van der Waals surface area contributed by atoms with Gasteiger partial charge in [-0.2, -0.15) is 0 Å². The number of ketones is 1. The van der Waals surface area contributed by atoms with Crippen molar-refractivity contribution in [1.82, 2.24) is 0 Å². The van der Waals surface area contributed by atoms with E-state index in [1.165, 1.54) is 14.0 Å². The predicted molar refractivity (Wildman–Crippen MR) is 95.4 cm³/mol. The molecular formula is C18H32N2O5. The molecule has 0 aromatic carbocycles. The summed E-state index contributed by atoms with van der Waals surface area (Å²) in [6.07, 6.45) is 3.53. The third-order valence-electron chi connectivity index (χ3n) is 3.55. The minimum Gasteiger partial charge on any atom is -0.464 e. The Kier molecular flexibility index (Phi) is 10.0. The molecule has 0 saturated carbocycles. The van der Waals surface area contributed by atoms with E-state index in [4.69, 9.17) is 16.2 Å². The number of rotatable bonds is 10. The fourth-order valence-electron chi connectivity index (χ4n) is 2.15. The van der Waals surface area contributed by atoms with Gasteiger partial charge in [0.1, 0.15) is 11.3 Å². The van der Waals surface area contributed by atoms with Crippen LogP contribution in [0.1, 0.15) is 66.2 Å². The Morgan fingerprint density at radius 2 is 1.68 bits per heavy atom. The highest BCUT2D eigenvalue weighted by Crippen LogP contribution is 2.13. The van der Waals surface area contributed by atoms with Crippen molar-refractivity contribution in [2.24, 2.45) is 11.5 Å². The molecule has 0 radical (unpaired) electrons. The van der Waals surface area contributed by atoms with Gasteiger partial charge >= 0.3 is 11.9 Å². The smallest absolute Gasteiger partial charge is 0.354 e. The van der Waals surface area contributed by atoms with Crippen molar-refractivity contribution >= 4 is 17.7 Å². The summed E-state index contributed by atoms with van der Waals surface area (Å²) in [6.45, 7) is 7.00. The number of carbonyl (C=O) groups excluding carboxylic acids is 3. The van der Waals surface area contributed by atoms with Gasteiger partial charge in [-0.1, -0.05) is 12.8 Å². The van der Waals surface area contributed by atoms with Gasteiger partial charge < -0.3 is 20.9 Å². The molecule has 0 aliphatic heterocycles. The van der Waals surface area contributed by atoms with E-state index in [1.54, 1.807) is 0 Å². The number of hydrogen-bond donors (Lipinski definition) is 2. The van der Waals surface area contributed by atoms with Gasteiger partial charge in [0.2, 0.25) is 0 Å². The molecule has 144 valence electrons. The number of Topliss-reactive ketones (excluding diaryl/α,β-unsaturated/α-hetero) is 1. The molecule has 0 aromatic heterocycles. The predicted octanol–water partition coefficient (Wildman–Crippen LogP) is 1.97. The van der Waals surface area contributed by atoms with Crippen LogP contribution in [-0.2, 0) is 23.9 Å². The van der Waals surface area contributed by atoms with Gasteiger partial charge in [-0.15, -0.1) is 0 Å². The Morgan fingerprint density at radius 3 is 2.20 bits per heavy atom. The Hall–Kier alpha value is -1.89. The summed E-state index contributed by atoms with van der Waals surface area (Å²) in [5.74, 6) is -1.18. The maximum Gasteiger partial charge on any atom is 0.354 e. The van der Waals surface area contributed by atoms with Crippen molar-refractivity contribution in [3.63, 3.8) is 0 Å². The van der Waals surface area contributed by atoms with E-state index < -0.39 is 11.6 Å². The SMILES string of the molecule is COC(=O)C(N)=C(C)C(=O)CC(N)CCCCCC(=O)OC(C)(C)C. The van der Waals surface area contributed by atoms with Crippen molar-refractivity contribution in [2.45, 2.75) is 77.9 Å². The second-order valence-electron chi connectivity index (χ2n) is 7.10. The maximum atomic E-state index is 12.0. The van der Waals surface area contributed by atoms with E-state index in [-0.39, 0.29) is 35.5 Å². The number of nitrogens with two attached hydrogens (primary N) is 2. The average Bonchev–Trinajstić information content (AvgIpc) is 2.50. The van der Waals surface area contributed by atoms with E-state index in [1.807, 2.05) is 20.8 Å². The number of allylic oxidation sites excluding steroid dienone is 1. The number of esters is 2. The summed E-state index contributed by atoms with van der Waals surface area (Å²) in [4.78, 5) is 34.9. The molecule has 0 aromatic rings. The third kappa shape index (κ3) is 10.6. The van der Waals surface area contributed by atoms with E-state index >= 15 is 0 Å². The van der Waals surface area contributed by atoms with Gasteiger partial charge in [0.05, 0.1) is 7.11 Å². The lowest BCUT2D eigenvalue weighted by atomic mass is 9.99. The molecule has 7 heteroatoms. The fraction of sp³-hybridized carbons (Fsp3) is 0.722. The van der Waals surface area contributed by atoms with Crippen LogP contribution >= 0.6 is 0 Å². The zero-order chi connectivity index (χ0) is 19.6. The summed E-state index contributed by atoms with van der Waals surface area (Å²) >= 11 is 0. The zero-order valence-electron chi connectivity index (χ0n) is 16.0. The molecule has 0 saturated heterocycles. The van der Waals surface area contributed by atoms with Crippen molar-refractivity contribution < 1.29 is 23.9 Å². The monoisotopic (exact) mass is 356 g/mol. The maximum absolute atomic E-state index is 12.0. The minimum absolute atomic E-state index is 0.121. The Labute approximate surface area is 150 Å². The van der Waals surface area contributed by atoms with E-state index in [0.29, 0.717) is 12.8 Å². The summed E-state index contributed by atoms with van der Waals surface area (Å²) in [7, 11) is 1.20. The quantitative estimate of drug-likeness (QED) is 0.348. The van der Waals surface area contributed by atoms with E-state index in [0.717, 1.165) is 19.3 Å². The molecule has 7 nitrogen and oxygen atoms in total. The van der Waals surface area contributed by atoms with Gasteiger partial charge in [-0.3, -0.25) is 9.59 Å². The van der Waals surface area contributed by atoms with Gasteiger partial charge in [-0.25, -0.2) is 4.79 Å². The van der Waals surface area contributed by atoms with Crippen molar-refractivity contribution in [3.05, 3.63) is 11.3 Å². The first-order chi connectivity index (χ1) is 11.5. The van der Waals surface area contributed by atoms with Crippen LogP contribution in [0.4, 0.5) is 0 Å². The van der Waals surface area contributed by atoms with Crippen LogP contribution in [0.5, 0.6) is 0 Å². The van der Waals surface area contributed by atoms with Crippen LogP contribution in [-0.4, -0.2) is 36.5 Å². The first-order valence-corrected chi connectivity index (χ1v) is 8.53. The van der Waals surface area contributed by atoms with E-state index in [2.05, 4.69) is 4.74 Å². The minimum atomic E-state index is -0.721. The molecule has 0 spiro atoms. The number of methoxy groups -OCH3 is 1. The number of carbonyl (C=O) groups is 3. The Bertz CT molecular complexity index is 506. The third-order valence-corrected chi connectivity index (χ3v) is 3.55. The Morgan fingerprint density at radius 1 is 1.08 bits per heavy atom. The van der Waals surface area contributed by atoms with Crippen LogP contribution in [0.15, 0.2) is 11.3 Å². The molecule has 0 heterocycles. The molecule has 0 bridgehead atoms. The van der Waals surface area contributed by atoms with Crippen LogP contribution in [0.3, 0.4) is 0 Å². The van der Waals surface area contributed by atoms with Crippen molar-refractivity contribution in [2.75, 3.05) is 7.11 Å². The van der Waals surface area contributed by atoms with Crippen molar-refractivity contribution in [1.29, 1.82) is 0 Å². The molecule has 1 atom stereocenters. The number of ether oxygens (including phenoxy) is 2. The lowest BCUT2D eigenvalue weighted by molar-refractivity contribution is -0.155. The normalized spacial score (nSPS) is 13.7. The van der Waals surface area contributed by atoms with Crippen LogP contribution in [0, 0.1) is 0 Å². The van der Waals surface area contributed by atoms with Gasteiger partial charge in [-0.05, 0) is 40.5 Å². The number of hydrogen-bond acceptors (Lipinski definition) is 7. The van der Waals surface area contributed by atoms with Crippen LogP contribution in [0.2, 0.25) is 0 Å². The Balaban J connectivity index is 4.09. The molecule has 0 aliphatic carbocycles. The highest BCUT2D eigenvalue weighted by atomic mass is 16.6. The molecule has 0 fully saturated rings. The lowest BCUT2D eigenvalue weighted by Crippen LogP contribution is -2.26. The van der Waals surface area contributed by atoms with Gasteiger partial charge in [0.25, 0.3) is 0 Å². The first kappa shape index (κ1) is 23.1. The molecule has 0 amide bonds. The fourth-order valence-corrected chi connectivity index (χ4v) is 2.15. The van der Waals surface area contributed by atoms with Gasteiger partial charge in [0, 0.05) is 24.5 Å².